The summed E-state index contributed by atoms with van der Waals surface area (Å²) in [6, 6.07) is 9.29. The van der Waals surface area contributed by atoms with Crippen LogP contribution in [-0.4, -0.2) is 32.6 Å². The summed E-state index contributed by atoms with van der Waals surface area (Å²) in [7, 11) is 2.04. The molecule has 0 unspecified atom stereocenters. The van der Waals surface area contributed by atoms with Crippen LogP contribution in [0.2, 0.25) is 0 Å². The lowest BCUT2D eigenvalue weighted by molar-refractivity contribution is 0.156. The minimum atomic E-state index is 0.733. The minimum absolute atomic E-state index is 0.733. The van der Waals surface area contributed by atoms with E-state index in [4.69, 9.17) is 5.10 Å². The molecule has 0 bridgehead atoms. The first kappa shape index (κ1) is 15.0. The molecule has 3 rings (SSSR count). The Hall–Kier alpha value is -0.870. The molecular weight excluding hydrogens is 326 g/mol. The number of fused-ring (bicyclic) bond motifs is 1. The maximum atomic E-state index is 4.77. The summed E-state index contributed by atoms with van der Waals surface area (Å²) in [5.74, 6) is 0. The Bertz CT molecular complexity index is 587. The molecule has 1 heterocycles. The summed E-state index contributed by atoms with van der Waals surface area (Å²) in [4.78, 5) is 2.63. The molecule has 0 amide bonds. The van der Waals surface area contributed by atoms with E-state index in [9.17, 15) is 0 Å². The zero-order valence-electron chi connectivity index (χ0n) is 12.8. The van der Waals surface area contributed by atoms with E-state index in [0.29, 0.717) is 0 Å². The average Bonchev–Trinajstić information content (AvgIpc) is 2.85. The molecule has 1 aliphatic rings. The number of rotatable bonds is 5. The molecule has 0 radical (unpaired) electrons. The Balaban J connectivity index is 1.83. The molecule has 1 fully saturated rings. The van der Waals surface area contributed by atoms with Gasteiger partial charge in [0.2, 0.25) is 0 Å². The summed E-state index contributed by atoms with van der Waals surface area (Å²) < 4.78 is 2.01. The van der Waals surface area contributed by atoms with Crippen molar-refractivity contribution in [2.75, 3.05) is 11.9 Å². The number of hydrogen-bond acceptors (Lipinski definition) is 2. The number of halogens is 1. The van der Waals surface area contributed by atoms with Gasteiger partial charge in [0, 0.05) is 36.9 Å². The van der Waals surface area contributed by atoms with Crippen LogP contribution >= 0.6 is 15.9 Å². The Morgan fingerprint density at radius 1 is 1.24 bits per heavy atom. The van der Waals surface area contributed by atoms with Gasteiger partial charge < -0.3 is 0 Å². The summed E-state index contributed by atoms with van der Waals surface area (Å²) >= 11 is 3.62. The number of aryl methyl sites for hydroxylation is 1. The van der Waals surface area contributed by atoms with E-state index in [0.717, 1.165) is 24.5 Å². The smallest absolute Gasteiger partial charge is 0.0843 e. The molecular formula is C17H24BrN3. The third-order valence-electron chi connectivity index (χ3n) is 4.65. The topological polar surface area (TPSA) is 21.1 Å². The monoisotopic (exact) mass is 349 g/mol. The second-order valence-electron chi connectivity index (χ2n) is 6.04. The summed E-state index contributed by atoms with van der Waals surface area (Å²) in [5, 5.41) is 7.10. The van der Waals surface area contributed by atoms with Crippen LogP contribution in [0.25, 0.3) is 10.9 Å². The van der Waals surface area contributed by atoms with Crippen molar-refractivity contribution in [2.24, 2.45) is 7.05 Å². The highest BCUT2D eigenvalue weighted by Gasteiger charge is 2.22. The molecule has 4 heteroatoms. The normalized spacial score (nSPS) is 16.9. The molecule has 2 aromatic rings. The molecule has 1 aliphatic carbocycles. The van der Waals surface area contributed by atoms with Crippen LogP contribution in [0.4, 0.5) is 0 Å². The van der Waals surface area contributed by atoms with Crippen molar-refractivity contribution in [1.82, 2.24) is 14.7 Å². The highest BCUT2D eigenvalue weighted by Crippen LogP contribution is 2.26. The second kappa shape index (κ2) is 6.93. The van der Waals surface area contributed by atoms with Crippen molar-refractivity contribution in [3.8, 4) is 0 Å². The predicted molar refractivity (Wildman–Crippen MR) is 91.8 cm³/mol. The van der Waals surface area contributed by atoms with E-state index in [-0.39, 0.29) is 0 Å². The Kier molecular flexibility index (Phi) is 4.96. The Morgan fingerprint density at radius 3 is 2.76 bits per heavy atom. The van der Waals surface area contributed by atoms with Crippen molar-refractivity contribution >= 4 is 26.8 Å². The van der Waals surface area contributed by atoms with Crippen LogP contribution < -0.4 is 0 Å². The zero-order chi connectivity index (χ0) is 14.7. The van der Waals surface area contributed by atoms with Gasteiger partial charge in [-0.25, -0.2) is 0 Å². The molecule has 0 saturated heterocycles. The van der Waals surface area contributed by atoms with E-state index >= 15 is 0 Å². The van der Waals surface area contributed by atoms with E-state index < -0.39 is 0 Å². The highest BCUT2D eigenvalue weighted by molar-refractivity contribution is 9.09. The number of alkyl halides is 1. The van der Waals surface area contributed by atoms with Gasteiger partial charge in [0.05, 0.1) is 11.2 Å². The quantitative estimate of drug-likeness (QED) is 0.757. The number of hydrogen-bond donors (Lipinski definition) is 0. The molecule has 0 N–H and O–H groups in total. The van der Waals surface area contributed by atoms with Gasteiger partial charge in [-0.05, 0) is 18.9 Å². The fourth-order valence-corrected chi connectivity index (χ4v) is 4.00. The number of nitrogens with zero attached hydrogens (tertiary/aromatic N) is 3. The van der Waals surface area contributed by atoms with Gasteiger partial charge in [-0.15, -0.1) is 0 Å². The third kappa shape index (κ3) is 3.32. The van der Waals surface area contributed by atoms with Crippen molar-refractivity contribution < 1.29 is 0 Å². The van der Waals surface area contributed by atoms with Gasteiger partial charge >= 0.3 is 0 Å². The lowest BCUT2D eigenvalue weighted by Crippen LogP contribution is -2.37. The number of benzene rings is 1. The lowest BCUT2D eigenvalue weighted by Gasteiger charge is -2.33. The van der Waals surface area contributed by atoms with Crippen LogP contribution in [-0.2, 0) is 13.6 Å². The van der Waals surface area contributed by atoms with Crippen molar-refractivity contribution in [3.05, 3.63) is 30.0 Å². The summed E-state index contributed by atoms with van der Waals surface area (Å²) in [6.07, 6.45) is 6.86. The fraction of sp³-hybridized carbons (Fsp3) is 0.588. The van der Waals surface area contributed by atoms with Gasteiger partial charge in [-0.1, -0.05) is 53.4 Å². The first-order chi connectivity index (χ1) is 10.3. The molecule has 1 aromatic carbocycles. The maximum absolute atomic E-state index is 4.77. The first-order valence-corrected chi connectivity index (χ1v) is 9.12. The van der Waals surface area contributed by atoms with Gasteiger partial charge in [0.1, 0.15) is 0 Å². The van der Waals surface area contributed by atoms with Gasteiger partial charge in [-0.3, -0.25) is 9.58 Å². The SMILES string of the molecule is Cn1nc(CN(CCBr)C2CCCCC2)c2ccccc21. The zero-order valence-corrected chi connectivity index (χ0v) is 14.3. The average molecular weight is 350 g/mol. The molecule has 1 saturated carbocycles. The molecule has 0 atom stereocenters. The van der Waals surface area contributed by atoms with Crippen LogP contribution in [0.5, 0.6) is 0 Å². The molecule has 1 aromatic heterocycles. The van der Waals surface area contributed by atoms with Gasteiger partial charge in [0.25, 0.3) is 0 Å². The predicted octanol–water partition coefficient (Wildman–Crippen LogP) is 4.10. The van der Waals surface area contributed by atoms with Gasteiger partial charge in [0.15, 0.2) is 0 Å². The highest BCUT2D eigenvalue weighted by atomic mass is 79.9. The standard InChI is InChI=1S/C17H24BrN3/c1-20-17-10-6-5-9-15(17)16(19-20)13-21(12-11-18)14-7-3-2-4-8-14/h5-6,9-10,14H,2-4,7-8,11-13H2,1H3. The Morgan fingerprint density at radius 2 is 2.00 bits per heavy atom. The Labute approximate surface area is 135 Å². The molecule has 0 aliphatic heterocycles. The van der Waals surface area contributed by atoms with Gasteiger partial charge in [-0.2, -0.15) is 5.10 Å². The molecule has 3 nitrogen and oxygen atoms in total. The van der Waals surface area contributed by atoms with Crippen molar-refractivity contribution in [2.45, 2.75) is 44.7 Å². The molecule has 0 spiro atoms. The van der Waals surface area contributed by atoms with Crippen LogP contribution in [0.1, 0.15) is 37.8 Å². The van der Waals surface area contributed by atoms with Crippen molar-refractivity contribution in [3.63, 3.8) is 0 Å². The number of para-hydroxylation sites is 1. The third-order valence-corrected chi connectivity index (χ3v) is 5.00. The van der Waals surface area contributed by atoms with Crippen molar-refractivity contribution in [1.29, 1.82) is 0 Å². The summed E-state index contributed by atoms with van der Waals surface area (Å²) in [5.41, 5.74) is 2.45. The fourth-order valence-electron chi connectivity index (χ4n) is 3.54. The van der Waals surface area contributed by atoms with Crippen LogP contribution in [0.15, 0.2) is 24.3 Å². The van der Waals surface area contributed by atoms with Crippen LogP contribution in [0, 0.1) is 0 Å². The van der Waals surface area contributed by atoms with Crippen LogP contribution in [0.3, 0.4) is 0 Å². The maximum Gasteiger partial charge on any atom is 0.0843 e. The van der Waals surface area contributed by atoms with E-state index in [1.807, 2.05) is 11.7 Å². The largest absolute Gasteiger partial charge is 0.294 e. The van der Waals surface area contributed by atoms with E-state index in [1.165, 1.54) is 48.7 Å². The second-order valence-corrected chi connectivity index (χ2v) is 6.83. The minimum Gasteiger partial charge on any atom is -0.294 e. The van der Waals surface area contributed by atoms with E-state index in [2.05, 4.69) is 45.1 Å². The number of aromatic nitrogens is 2. The molecule has 114 valence electrons. The first-order valence-electron chi connectivity index (χ1n) is 8.00. The lowest BCUT2D eigenvalue weighted by atomic mass is 9.94. The van der Waals surface area contributed by atoms with E-state index in [1.54, 1.807) is 0 Å². The molecule has 21 heavy (non-hydrogen) atoms. The summed E-state index contributed by atoms with van der Waals surface area (Å²) in [6.45, 7) is 2.08.